The minimum absolute atomic E-state index is 0.484. The molecule has 0 saturated carbocycles. The van der Waals surface area contributed by atoms with Gasteiger partial charge >= 0.3 is 0 Å². The van der Waals surface area contributed by atoms with Gasteiger partial charge in [-0.2, -0.15) is 0 Å². The second-order valence-electron chi connectivity index (χ2n) is 4.21. The highest BCUT2D eigenvalue weighted by atomic mass is 32.1. The van der Waals surface area contributed by atoms with Crippen LogP contribution in [0, 0.1) is 6.92 Å². The van der Waals surface area contributed by atoms with Crippen LogP contribution in [0.5, 0.6) is 0 Å². The van der Waals surface area contributed by atoms with Gasteiger partial charge in [0.05, 0.1) is 13.2 Å². The molecule has 0 amide bonds. The summed E-state index contributed by atoms with van der Waals surface area (Å²) in [7, 11) is 0. The molecule has 2 rings (SSSR count). The summed E-state index contributed by atoms with van der Waals surface area (Å²) >= 11 is 1.86. The number of hydrogen-bond donors (Lipinski definition) is 2. The second-order valence-corrected chi connectivity index (χ2v) is 5.21. The van der Waals surface area contributed by atoms with Gasteiger partial charge in [-0.25, -0.2) is 0 Å². The molecule has 2 N–H and O–H groups in total. The molecular weight excluding hydrogens is 220 g/mol. The first-order valence-corrected chi connectivity index (χ1v) is 6.79. The van der Waals surface area contributed by atoms with Crippen molar-refractivity contribution in [3.8, 4) is 0 Å². The number of thiophene rings is 1. The maximum atomic E-state index is 5.40. The van der Waals surface area contributed by atoms with Crippen LogP contribution in [0.3, 0.4) is 0 Å². The van der Waals surface area contributed by atoms with Crippen molar-refractivity contribution in [3.63, 3.8) is 0 Å². The van der Waals surface area contributed by atoms with E-state index in [0.717, 1.165) is 39.3 Å². The van der Waals surface area contributed by atoms with Crippen molar-refractivity contribution in [2.24, 2.45) is 0 Å². The molecule has 1 aliphatic rings. The molecule has 1 atom stereocenters. The summed E-state index contributed by atoms with van der Waals surface area (Å²) in [4.78, 5) is 1.50. The van der Waals surface area contributed by atoms with Gasteiger partial charge in [0.25, 0.3) is 0 Å². The van der Waals surface area contributed by atoms with Crippen molar-refractivity contribution >= 4 is 11.3 Å². The van der Waals surface area contributed by atoms with E-state index in [4.69, 9.17) is 4.74 Å². The predicted molar refractivity (Wildman–Crippen MR) is 68.2 cm³/mol. The molecule has 2 heterocycles. The summed E-state index contributed by atoms with van der Waals surface area (Å²) in [5, 5.41) is 9.09. The highest BCUT2D eigenvalue weighted by molar-refractivity contribution is 7.10. The zero-order valence-electron chi connectivity index (χ0n) is 9.79. The molecule has 0 radical (unpaired) electrons. The van der Waals surface area contributed by atoms with E-state index in [9.17, 15) is 0 Å². The van der Waals surface area contributed by atoms with Gasteiger partial charge in [-0.15, -0.1) is 11.3 Å². The van der Waals surface area contributed by atoms with Crippen molar-refractivity contribution in [2.45, 2.75) is 19.4 Å². The topological polar surface area (TPSA) is 33.3 Å². The Bertz CT molecular complexity index is 308. The largest absolute Gasteiger partial charge is 0.378 e. The molecule has 0 spiro atoms. The van der Waals surface area contributed by atoms with Gasteiger partial charge in [-0.3, -0.25) is 0 Å². The van der Waals surface area contributed by atoms with E-state index in [1.165, 1.54) is 10.4 Å². The Kier molecular flexibility index (Phi) is 4.78. The van der Waals surface area contributed by atoms with E-state index in [-0.39, 0.29) is 0 Å². The van der Waals surface area contributed by atoms with Gasteiger partial charge in [-0.1, -0.05) is 0 Å². The average Bonchev–Trinajstić information content (AvgIpc) is 2.72. The number of hydrogen-bond acceptors (Lipinski definition) is 4. The van der Waals surface area contributed by atoms with Crippen LogP contribution in [0.1, 0.15) is 10.4 Å². The lowest BCUT2D eigenvalue weighted by Gasteiger charge is -2.23. The molecule has 1 aromatic heterocycles. The lowest BCUT2D eigenvalue weighted by atomic mass is 10.2. The highest BCUT2D eigenvalue weighted by Gasteiger charge is 2.11. The Balaban J connectivity index is 1.59. The summed E-state index contributed by atoms with van der Waals surface area (Å²) < 4.78 is 5.40. The van der Waals surface area contributed by atoms with Crippen LogP contribution < -0.4 is 10.6 Å². The minimum atomic E-state index is 0.484. The fourth-order valence-corrected chi connectivity index (χ4v) is 2.80. The molecule has 4 heteroatoms. The zero-order valence-corrected chi connectivity index (χ0v) is 10.6. The third kappa shape index (κ3) is 3.56. The summed E-state index contributed by atoms with van der Waals surface area (Å²) in [6, 6.07) is 2.68. The molecule has 0 aromatic carbocycles. The number of ether oxygens (including phenoxy) is 1. The molecule has 3 nitrogen and oxygen atoms in total. The molecule has 1 unspecified atom stereocenters. The smallest absolute Gasteiger partial charge is 0.0632 e. The first kappa shape index (κ1) is 12.0. The zero-order chi connectivity index (χ0) is 11.2. The molecule has 16 heavy (non-hydrogen) atoms. The molecule has 0 bridgehead atoms. The molecule has 1 saturated heterocycles. The first-order valence-electron chi connectivity index (χ1n) is 5.91. The van der Waals surface area contributed by atoms with Crippen molar-refractivity contribution in [2.75, 3.05) is 32.8 Å². The third-order valence-corrected chi connectivity index (χ3v) is 3.97. The number of nitrogens with one attached hydrogen (secondary N) is 2. The van der Waals surface area contributed by atoms with E-state index < -0.39 is 0 Å². The van der Waals surface area contributed by atoms with E-state index in [0.29, 0.717) is 6.04 Å². The van der Waals surface area contributed by atoms with Gasteiger partial charge in [0.15, 0.2) is 0 Å². The molecular formula is C12H20N2OS. The maximum absolute atomic E-state index is 5.40. The van der Waals surface area contributed by atoms with Crippen LogP contribution in [0.2, 0.25) is 0 Å². The summed E-state index contributed by atoms with van der Waals surface area (Å²) in [6.45, 7) is 6.92. The van der Waals surface area contributed by atoms with Crippen LogP contribution in [0.4, 0.5) is 0 Å². The van der Waals surface area contributed by atoms with Crippen LogP contribution in [0.15, 0.2) is 11.4 Å². The average molecular weight is 240 g/mol. The van der Waals surface area contributed by atoms with E-state index >= 15 is 0 Å². The van der Waals surface area contributed by atoms with Crippen molar-refractivity contribution < 1.29 is 4.74 Å². The van der Waals surface area contributed by atoms with Crippen molar-refractivity contribution in [3.05, 3.63) is 21.9 Å². The standard InChI is InChI=1S/C12H20N2OS/c1-10-3-7-16-12(10)2-4-13-8-11-9-15-6-5-14-11/h3,7,11,13-14H,2,4-6,8-9H2,1H3. The highest BCUT2D eigenvalue weighted by Crippen LogP contribution is 2.15. The van der Waals surface area contributed by atoms with Crippen LogP contribution in [0.25, 0.3) is 0 Å². The monoisotopic (exact) mass is 240 g/mol. The molecule has 1 aromatic rings. The van der Waals surface area contributed by atoms with Gasteiger partial charge < -0.3 is 15.4 Å². The molecule has 90 valence electrons. The quantitative estimate of drug-likeness (QED) is 0.758. The van der Waals surface area contributed by atoms with E-state index in [1.807, 2.05) is 11.3 Å². The van der Waals surface area contributed by atoms with E-state index in [1.54, 1.807) is 0 Å². The van der Waals surface area contributed by atoms with Crippen LogP contribution in [-0.2, 0) is 11.2 Å². The fourth-order valence-electron chi connectivity index (χ4n) is 1.89. The van der Waals surface area contributed by atoms with Crippen LogP contribution in [-0.4, -0.2) is 38.9 Å². The Morgan fingerprint density at radius 1 is 1.62 bits per heavy atom. The Hall–Kier alpha value is -0.420. The number of morpholine rings is 1. The summed E-state index contributed by atoms with van der Waals surface area (Å²) in [5.74, 6) is 0. The normalized spacial score (nSPS) is 21.2. The lowest BCUT2D eigenvalue weighted by Crippen LogP contribution is -2.47. The van der Waals surface area contributed by atoms with E-state index in [2.05, 4.69) is 29.0 Å². The second kappa shape index (κ2) is 6.35. The fraction of sp³-hybridized carbons (Fsp3) is 0.667. The molecule has 1 fully saturated rings. The molecule has 0 aliphatic carbocycles. The third-order valence-electron chi connectivity index (χ3n) is 2.89. The number of aryl methyl sites for hydroxylation is 1. The van der Waals surface area contributed by atoms with Crippen molar-refractivity contribution in [1.29, 1.82) is 0 Å². The number of rotatable bonds is 5. The first-order chi connectivity index (χ1) is 7.86. The summed E-state index contributed by atoms with van der Waals surface area (Å²) in [5.41, 5.74) is 1.42. The Morgan fingerprint density at radius 3 is 3.25 bits per heavy atom. The van der Waals surface area contributed by atoms with Crippen LogP contribution >= 0.6 is 11.3 Å². The van der Waals surface area contributed by atoms with Crippen molar-refractivity contribution in [1.82, 2.24) is 10.6 Å². The predicted octanol–water partition coefficient (Wildman–Crippen LogP) is 1.18. The van der Waals surface area contributed by atoms with Gasteiger partial charge in [-0.05, 0) is 30.4 Å². The Labute approximate surface area is 101 Å². The van der Waals surface area contributed by atoms with Gasteiger partial charge in [0.1, 0.15) is 0 Å². The lowest BCUT2D eigenvalue weighted by molar-refractivity contribution is 0.0768. The SMILES string of the molecule is Cc1ccsc1CCNCC1COCCN1. The summed E-state index contributed by atoms with van der Waals surface area (Å²) in [6.07, 6.45) is 1.14. The minimum Gasteiger partial charge on any atom is -0.378 e. The van der Waals surface area contributed by atoms with Gasteiger partial charge in [0, 0.05) is 30.6 Å². The maximum Gasteiger partial charge on any atom is 0.0632 e. The van der Waals surface area contributed by atoms with Gasteiger partial charge in [0.2, 0.25) is 0 Å². The Morgan fingerprint density at radius 2 is 2.56 bits per heavy atom. The molecule has 1 aliphatic heterocycles.